The van der Waals surface area contributed by atoms with E-state index in [0.717, 1.165) is 32.4 Å². The van der Waals surface area contributed by atoms with Crippen LogP contribution in [0.1, 0.15) is 26.7 Å². The third kappa shape index (κ3) is 2.96. The Morgan fingerprint density at radius 1 is 1.53 bits per heavy atom. The van der Waals surface area contributed by atoms with Crippen LogP contribution in [0.4, 0.5) is 0 Å². The molecule has 4 heteroatoms. The fourth-order valence-corrected chi connectivity index (χ4v) is 2.67. The van der Waals surface area contributed by atoms with Crippen molar-refractivity contribution in [1.29, 1.82) is 5.26 Å². The van der Waals surface area contributed by atoms with Crippen molar-refractivity contribution in [3.8, 4) is 5.97 Å². The fourth-order valence-electron chi connectivity index (χ4n) is 2.67. The number of nitrogens with zero attached hydrogens (tertiary/aromatic N) is 1. The van der Waals surface area contributed by atoms with Crippen molar-refractivity contribution in [2.24, 2.45) is 5.41 Å². The van der Waals surface area contributed by atoms with Crippen molar-refractivity contribution < 1.29 is 9.84 Å². The van der Waals surface area contributed by atoms with Crippen LogP contribution < -0.4 is 0 Å². The molecule has 2 fully saturated rings. The maximum Gasteiger partial charge on any atom is 0.271 e. The second kappa shape index (κ2) is 5.53. The predicted octanol–water partition coefficient (Wildman–Crippen LogP) is 1.74. The Kier molecular flexibility index (Phi) is 4.62. The van der Waals surface area contributed by atoms with Crippen LogP contribution in [0.3, 0.4) is 0 Å². The Morgan fingerprint density at radius 2 is 2.27 bits per heavy atom. The smallest absolute Gasteiger partial charge is 0.271 e. The first-order chi connectivity index (χ1) is 7.24. The molecular weight excluding hydrogens is 189 g/mol. The van der Waals surface area contributed by atoms with Gasteiger partial charge in [-0.2, -0.15) is 0 Å². The molecule has 2 rings (SSSR count). The van der Waals surface area contributed by atoms with E-state index in [2.05, 4.69) is 5.97 Å². The molecule has 2 saturated heterocycles. The van der Waals surface area contributed by atoms with Gasteiger partial charge in [0.2, 0.25) is 0 Å². The van der Waals surface area contributed by atoms with Crippen molar-refractivity contribution >= 4 is 6.71 Å². The van der Waals surface area contributed by atoms with E-state index in [1.807, 2.05) is 13.8 Å². The van der Waals surface area contributed by atoms with Gasteiger partial charge >= 0.3 is 0 Å². The van der Waals surface area contributed by atoms with Gasteiger partial charge in [0.25, 0.3) is 6.71 Å². The first-order valence-corrected chi connectivity index (χ1v) is 5.90. The van der Waals surface area contributed by atoms with Crippen LogP contribution in [-0.4, -0.2) is 31.1 Å². The highest BCUT2D eigenvalue weighted by Crippen LogP contribution is 2.43. The molecule has 0 aromatic rings. The van der Waals surface area contributed by atoms with Crippen molar-refractivity contribution in [1.82, 2.24) is 0 Å². The van der Waals surface area contributed by atoms with Gasteiger partial charge in [0.05, 0.1) is 6.61 Å². The first-order valence-electron chi connectivity index (χ1n) is 5.90. The summed E-state index contributed by atoms with van der Waals surface area (Å²) < 4.78 is 5.36. The lowest BCUT2D eigenvalue weighted by molar-refractivity contribution is 0.0898. The van der Waals surface area contributed by atoms with Crippen LogP contribution in [0, 0.1) is 16.6 Å². The van der Waals surface area contributed by atoms with E-state index in [0.29, 0.717) is 6.32 Å². The van der Waals surface area contributed by atoms with E-state index in [4.69, 9.17) is 10.00 Å². The Labute approximate surface area is 92.5 Å². The molecular formula is C11H20BNO2. The third-order valence-corrected chi connectivity index (χ3v) is 3.27. The van der Waals surface area contributed by atoms with E-state index in [1.54, 1.807) is 0 Å². The van der Waals surface area contributed by atoms with Crippen molar-refractivity contribution in [2.45, 2.75) is 45.4 Å². The van der Waals surface area contributed by atoms with E-state index < -0.39 is 0 Å². The number of hydrogen-bond donors (Lipinski definition) is 1. The number of aliphatic hydroxyl groups excluding tert-OH is 1. The minimum atomic E-state index is -0.292. The number of nitriles is 1. The van der Waals surface area contributed by atoms with E-state index in [1.165, 1.54) is 0 Å². The number of rotatable bonds is 0. The second-order valence-corrected chi connectivity index (χ2v) is 4.43. The molecule has 15 heavy (non-hydrogen) atoms. The zero-order valence-electron chi connectivity index (χ0n) is 9.70. The summed E-state index contributed by atoms with van der Waals surface area (Å²) in [5, 5.41) is 18.5. The monoisotopic (exact) mass is 209 g/mol. The lowest BCUT2D eigenvalue weighted by atomic mass is 9.37. The van der Waals surface area contributed by atoms with Crippen molar-refractivity contribution in [3.63, 3.8) is 0 Å². The molecule has 0 aliphatic carbocycles. The van der Waals surface area contributed by atoms with Crippen LogP contribution >= 0.6 is 0 Å². The zero-order chi connectivity index (χ0) is 11.3. The maximum atomic E-state index is 9.63. The molecule has 2 aliphatic heterocycles. The molecule has 1 N–H and O–H groups in total. The molecule has 0 radical (unpaired) electrons. The minimum absolute atomic E-state index is 0.0328. The molecule has 2 atom stereocenters. The topological polar surface area (TPSA) is 53.2 Å². The minimum Gasteiger partial charge on any atom is -0.394 e. The van der Waals surface area contributed by atoms with Crippen molar-refractivity contribution in [2.75, 3.05) is 13.2 Å². The molecule has 2 heterocycles. The van der Waals surface area contributed by atoms with Gasteiger partial charge in [-0.15, -0.1) is 0 Å². The molecule has 1 spiro atoms. The number of ether oxygens (including phenoxy) is 1. The molecule has 0 amide bonds. The standard InChI is InChI=1S/C9H14BNO2.C2H6/c11-7-10-4-8(12)3-9(5-10)1-2-13-6-9;1-2/h8,12H,1-6H2;1-2H3. The van der Waals surface area contributed by atoms with Crippen LogP contribution in [0.5, 0.6) is 0 Å². The number of hydrogen-bond acceptors (Lipinski definition) is 3. The lowest BCUT2D eigenvalue weighted by Crippen LogP contribution is -2.39. The number of aliphatic hydroxyl groups is 1. The Morgan fingerprint density at radius 3 is 2.80 bits per heavy atom. The maximum absolute atomic E-state index is 9.63. The van der Waals surface area contributed by atoms with Gasteiger partial charge < -0.3 is 9.84 Å². The van der Waals surface area contributed by atoms with Crippen molar-refractivity contribution in [3.05, 3.63) is 0 Å². The molecule has 84 valence electrons. The summed E-state index contributed by atoms with van der Waals surface area (Å²) in [6, 6.07) is 0. The fraction of sp³-hybridized carbons (Fsp3) is 0.909. The predicted molar refractivity (Wildman–Crippen MR) is 60.8 cm³/mol. The van der Waals surface area contributed by atoms with E-state index >= 15 is 0 Å². The highest BCUT2D eigenvalue weighted by Gasteiger charge is 2.44. The van der Waals surface area contributed by atoms with Gasteiger partial charge in [-0.3, -0.25) is 0 Å². The van der Waals surface area contributed by atoms with Gasteiger partial charge in [-0.05, 0) is 24.6 Å². The SMILES string of the molecule is CC.N#CB1CC(O)CC2(CCOC2)C1. The summed E-state index contributed by atoms with van der Waals surface area (Å²) in [6.07, 6.45) is 3.12. The molecule has 0 aromatic carbocycles. The van der Waals surface area contributed by atoms with Gasteiger partial charge in [0.1, 0.15) is 0 Å². The van der Waals surface area contributed by atoms with Crippen LogP contribution in [0.25, 0.3) is 0 Å². The summed E-state index contributed by atoms with van der Waals surface area (Å²) in [6.45, 7) is 5.57. The Bertz CT molecular complexity index is 233. The van der Waals surface area contributed by atoms with Gasteiger partial charge in [-0.1, -0.05) is 20.2 Å². The summed E-state index contributed by atoms with van der Waals surface area (Å²) in [4.78, 5) is 0. The summed E-state index contributed by atoms with van der Waals surface area (Å²) in [5.74, 6) is 2.27. The second-order valence-electron chi connectivity index (χ2n) is 4.43. The Hall–Kier alpha value is -0.525. The van der Waals surface area contributed by atoms with Gasteiger partial charge in [0.15, 0.2) is 0 Å². The quantitative estimate of drug-likeness (QED) is 0.618. The van der Waals surface area contributed by atoms with Crippen LogP contribution in [0.2, 0.25) is 12.6 Å². The summed E-state index contributed by atoms with van der Waals surface area (Å²) in [5.41, 5.74) is 0.123. The lowest BCUT2D eigenvalue weighted by Gasteiger charge is -2.35. The third-order valence-electron chi connectivity index (χ3n) is 3.27. The van der Waals surface area contributed by atoms with Crippen LogP contribution in [0.15, 0.2) is 0 Å². The van der Waals surface area contributed by atoms with Crippen LogP contribution in [-0.2, 0) is 4.74 Å². The summed E-state index contributed by atoms with van der Waals surface area (Å²) in [7, 11) is 0. The molecule has 0 saturated carbocycles. The first kappa shape index (κ1) is 12.5. The normalized spacial score (nSPS) is 34.5. The van der Waals surface area contributed by atoms with Gasteiger partial charge in [0, 0.05) is 18.7 Å². The Balaban J connectivity index is 0.000000531. The zero-order valence-corrected chi connectivity index (χ0v) is 9.70. The molecule has 0 bridgehead atoms. The molecule has 3 nitrogen and oxygen atoms in total. The van der Waals surface area contributed by atoms with E-state index in [9.17, 15) is 5.11 Å². The van der Waals surface area contributed by atoms with E-state index in [-0.39, 0.29) is 18.2 Å². The average Bonchev–Trinajstić information content (AvgIpc) is 2.68. The largest absolute Gasteiger partial charge is 0.394 e. The van der Waals surface area contributed by atoms with Gasteiger partial charge in [-0.25, -0.2) is 5.26 Å². The molecule has 0 aromatic heterocycles. The molecule has 2 unspecified atom stereocenters. The average molecular weight is 209 g/mol. The highest BCUT2D eigenvalue weighted by molar-refractivity contribution is 6.67. The molecule has 2 aliphatic rings. The summed E-state index contributed by atoms with van der Waals surface area (Å²) >= 11 is 0. The highest BCUT2D eigenvalue weighted by atomic mass is 16.5.